The standard InChI is InChI=1S/C19H29NO/c1-4-7-11-19-17(14-20-13-15(5-2)6-3)16-10-8-9-12-18(16)21-19/h8-10,12,15,20H,4-7,11,13-14H2,1-3H3. The minimum absolute atomic E-state index is 0.780. The van der Waals surface area contributed by atoms with Crippen molar-refractivity contribution in [1.29, 1.82) is 0 Å². The molecule has 0 radical (unpaired) electrons. The van der Waals surface area contributed by atoms with Gasteiger partial charge in [-0.2, -0.15) is 0 Å². The highest BCUT2D eigenvalue weighted by molar-refractivity contribution is 5.82. The predicted molar refractivity (Wildman–Crippen MR) is 90.6 cm³/mol. The maximum atomic E-state index is 6.07. The Labute approximate surface area is 128 Å². The zero-order valence-electron chi connectivity index (χ0n) is 13.7. The average molecular weight is 287 g/mol. The summed E-state index contributed by atoms with van der Waals surface area (Å²) < 4.78 is 6.07. The van der Waals surface area contributed by atoms with Crippen molar-refractivity contribution in [2.75, 3.05) is 6.54 Å². The van der Waals surface area contributed by atoms with Gasteiger partial charge in [0, 0.05) is 23.9 Å². The molecular weight excluding hydrogens is 258 g/mol. The van der Waals surface area contributed by atoms with Gasteiger partial charge in [-0.3, -0.25) is 0 Å². The first-order chi connectivity index (χ1) is 10.3. The number of aryl methyl sites for hydroxylation is 1. The van der Waals surface area contributed by atoms with Crippen LogP contribution in [-0.2, 0) is 13.0 Å². The zero-order chi connectivity index (χ0) is 15.1. The minimum Gasteiger partial charge on any atom is -0.461 e. The van der Waals surface area contributed by atoms with E-state index in [1.54, 1.807) is 0 Å². The van der Waals surface area contributed by atoms with Crippen molar-refractivity contribution in [1.82, 2.24) is 5.32 Å². The van der Waals surface area contributed by atoms with Gasteiger partial charge in [0.05, 0.1) is 0 Å². The van der Waals surface area contributed by atoms with E-state index >= 15 is 0 Å². The smallest absolute Gasteiger partial charge is 0.134 e. The fraction of sp³-hybridized carbons (Fsp3) is 0.579. The van der Waals surface area contributed by atoms with E-state index in [4.69, 9.17) is 4.42 Å². The molecule has 1 N–H and O–H groups in total. The zero-order valence-corrected chi connectivity index (χ0v) is 13.7. The maximum Gasteiger partial charge on any atom is 0.134 e. The number of nitrogens with one attached hydrogen (secondary N) is 1. The van der Waals surface area contributed by atoms with E-state index in [-0.39, 0.29) is 0 Å². The molecule has 0 aliphatic heterocycles. The van der Waals surface area contributed by atoms with Crippen LogP contribution in [0.5, 0.6) is 0 Å². The molecule has 0 amide bonds. The highest BCUT2D eigenvalue weighted by Gasteiger charge is 2.13. The monoisotopic (exact) mass is 287 g/mol. The summed E-state index contributed by atoms with van der Waals surface area (Å²) in [6.45, 7) is 8.80. The highest BCUT2D eigenvalue weighted by Crippen LogP contribution is 2.27. The van der Waals surface area contributed by atoms with Gasteiger partial charge in [0.25, 0.3) is 0 Å². The molecule has 0 fully saturated rings. The average Bonchev–Trinajstić information content (AvgIpc) is 2.87. The number of rotatable bonds is 9. The lowest BCUT2D eigenvalue weighted by atomic mass is 10.0. The number of para-hydroxylation sites is 1. The number of benzene rings is 1. The Balaban J connectivity index is 2.11. The Morgan fingerprint density at radius 3 is 2.57 bits per heavy atom. The quantitative estimate of drug-likeness (QED) is 0.677. The Kier molecular flexibility index (Phi) is 6.31. The van der Waals surface area contributed by atoms with Crippen LogP contribution in [0.2, 0.25) is 0 Å². The molecule has 2 aromatic rings. The third kappa shape index (κ3) is 4.10. The molecule has 2 heteroatoms. The molecule has 1 aromatic carbocycles. The second kappa shape index (κ2) is 8.23. The van der Waals surface area contributed by atoms with Crippen LogP contribution >= 0.6 is 0 Å². The Morgan fingerprint density at radius 2 is 1.86 bits per heavy atom. The molecule has 1 aromatic heterocycles. The van der Waals surface area contributed by atoms with E-state index in [2.05, 4.69) is 50.4 Å². The van der Waals surface area contributed by atoms with Gasteiger partial charge in [-0.25, -0.2) is 0 Å². The Hall–Kier alpha value is -1.28. The van der Waals surface area contributed by atoms with Crippen molar-refractivity contribution in [3.8, 4) is 0 Å². The number of unbranched alkanes of at least 4 members (excludes halogenated alkanes) is 1. The second-order valence-corrected chi connectivity index (χ2v) is 5.92. The third-order valence-electron chi connectivity index (χ3n) is 4.43. The van der Waals surface area contributed by atoms with Gasteiger partial charge in [0.1, 0.15) is 11.3 Å². The van der Waals surface area contributed by atoms with E-state index in [0.717, 1.165) is 31.0 Å². The van der Waals surface area contributed by atoms with Gasteiger partial charge in [-0.05, 0) is 24.9 Å². The molecule has 2 nitrogen and oxygen atoms in total. The van der Waals surface area contributed by atoms with Crippen molar-refractivity contribution in [2.24, 2.45) is 5.92 Å². The van der Waals surface area contributed by atoms with Crippen LogP contribution < -0.4 is 5.32 Å². The van der Waals surface area contributed by atoms with Crippen molar-refractivity contribution < 1.29 is 4.42 Å². The lowest BCUT2D eigenvalue weighted by Gasteiger charge is -2.13. The summed E-state index contributed by atoms with van der Waals surface area (Å²) in [6.07, 6.45) is 5.95. The molecule has 0 aliphatic carbocycles. The largest absolute Gasteiger partial charge is 0.461 e. The van der Waals surface area contributed by atoms with Gasteiger partial charge in [-0.1, -0.05) is 58.2 Å². The molecule has 0 saturated carbocycles. The van der Waals surface area contributed by atoms with Gasteiger partial charge < -0.3 is 9.73 Å². The van der Waals surface area contributed by atoms with Crippen LogP contribution in [0, 0.1) is 5.92 Å². The molecule has 0 saturated heterocycles. The summed E-state index contributed by atoms with van der Waals surface area (Å²) in [5.74, 6) is 1.96. The van der Waals surface area contributed by atoms with E-state index in [1.807, 2.05) is 0 Å². The Morgan fingerprint density at radius 1 is 1.10 bits per heavy atom. The Bertz CT molecular complexity index is 539. The fourth-order valence-electron chi connectivity index (χ4n) is 2.86. The lowest BCUT2D eigenvalue weighted by Crippen LogP contribution is -2.22. The second-order valence-electron chi connectivity index (χ2n) is 5.92. The molecule has 0 unspecified atom stereocenters. The van der Waals surface area contributed by atoms with Crippen LogP contribution in [0.3, 0.4) is 0 Å². The van der Waals surface area contributed by atoms with Gasteiger partial charge in [0.2, 0.25) is 0 Å². The molecule has 116 valence electrons. The highest BCUT2D eigenvalue weighted by atomic mass is 16.3. The normalized spacial score (nSPS) is 11.6. The summed E-state index contributed by atoms with van der Waals surface area (Å²) in [4.78, 5) is 0. The lowest BCUT2D eigenvalue weighted by molar-refractivity contribution is 0.446. The first-order valence-electron chi connectivity index (χ1n) is 8.50. The molecule has 0 bridgehead atoms. The van der Waals surface area contributed by atoms with Crippen molar-refractivity contribution >= 4 is 11.0 Å². The molecule has 0 atom stereocenters. The molecule has 0 spiro atoms. The predicted octanol–water partition coefficient (Wildman–Crippen LogP) is 5.30. The fourth-order valence-corrected chi connectivity index (χ4v) is 2.86. The first-order valence-corrected chi connectivity index (χ1v) is 8.50. The van der Waals surface area contributed by atoms with E-state index < -0.39 is 0 Å². The van der Waals surface area contributed by atoms with Crippen molar-refractivity contribution in [3.63, 3.8) is 0 Å². The number of fused-ring (bicyclic) bond motifs is 1. The summed E-state index contributed by atoms with van der Waals surface area (Å²) in [6, 6.07) is 8.42. The van der Waals surface area contributed by atoms with Gasteiger partial charge in [-0.15, -0.1) is 0 Å². The SMILES string of the molecule is CCCCc1oc2ccccc2c1CNCC(CC)CC. The van der Waals surface area contributed by atoms with Crippen LogP contribution in [-0.4, -0.2) is 6.54 Å². The molecule has 21 heavy (non-hydrogen) atoms. The van der Waals surface area contributed by atoms with E-state index in [9.17, 15) is 0 Å². The summed E-state index contributed by atoms with van der Waals surface area (Å²) in [5, 5.41) is 4.92. The molecular formula is C19H29NO. The summed E-state index contributed by atoms with van der Waals surface area (Å²) >= 11 is 0. The van der Waals surface area contributed by atoms with Crippen molar-refractivity contribution in [2.45, 2.75) is 59.4 Å². The third-order valence-corrected chi connectivity index (χ3v) is 4.43. The van der Waals surface area contributed by atoms with Gasteiger partial charge in [0.15, 0.2) is 0 Å². The van der Waals surface area contributed by atoms with Crippen molar-refractivity contribution in [3.05, 3.63) is 35.6 Å². The molecule has 0 aliphatic rings. The van der Waals surface area contributed by atoms with E-state index in [1.165, 1.54) is 42.4 Å². The molecule has 1 heterocycles. The van der Waals surface area contributed by atoms with Crippen LogP contribution in [0.25, 0.3) is 11.0 Å². The van der Waals surface area contributed by atoms with Gasteiger partial charge >= 0.3 is 0 Å². The summed E-state index contributed by atoms with van der Waals surface area (Å²) in [7, 11) is 0. The number of hydrogen-bond acceptors (Lipinski definition) is 2. The number of furan rings is 1. The van der Waals surface area contributed by atoms with Crippen LogP contribution in [0.15, 0.2) is 28.7 Å². The van der Waals surface area contributed by atoms with Crippen LogP contribution in [0.1, 0.15) is 57.8 Å². The topological polar surface area (TPSA) is 25.2 Å². The van der Waals surface area contributed by atoms with E-state index in [0.29, 0.717) is 0 Å². The maximum absolute atomic E-state index is 6.07. The summed E-state index contributed by atoms with van der Waals surface area (Å²) in [5.41, 5.74) is 2.40. The van der Waals surface area contributed by atoms with Crippen LogP contribution in [0.4, 0.5) is 0 Å². The first kappa shape index (κ1) is 16.1. The number of hydrogen-bond donors (Lipinski definition) is 1. The minimum atomic E-state index is 0.780. The molecule has 2 rings (SSSR count).